The maximum Gasteiger partial charge on any atom is 0.182 e. The highest BCUT2D eigenvalue weighted by Crippen LogP contribution is 2.41. The van der Waals surface area contributed by atoms with Gasteiger partial charge in [-0.25, -0.2) is 8.78 Å². The van der Waals surface area contributed by atoms with Crippen molar-refractivity contribution in [3.05, 3.63) is 39.5 Å². The molecule has 0 N–H and O–H groups in total. The number of hydrogen-bond donors (Lipinski definition) is 0. The minimum Gasteiger partial charge on any atom is -0.490 e. The Hall–Kier alpha value is -0.950. The molecule has 0 radical (unpaired) electrons. The third-order valence-electron chi connectivity index (χ3n) is 3.78. The minimum absolute atomic E-state index is 0.269. The van der Waals surface area contributed by atoms with Crippen molar-refractivity contribution in [3.8, 4) is 5.75 Å². The summed E-state index contributed by atoms with van der Waals surface area (Å²) in [5.74, 6) is 0.204. The lowest BCUT2D eigenvalue weighted by molar-refractivity contribution is 0.286. The Morgan fingerprint density at radius 3 is 2.43 bits per heavy atom. The van der Waals surface area contributed by atoms with E-state index in [4.69, 9.17) is 4.74 Å². The van der Waals surface area contributed by atoms with E-state index in [0.717, 1.165) is 35.0 Å². The van der Waals surface area contributed by atoms with E-state index < -0.39 is 0 Å². The molecule has 1 nitrogen and oxygen atoms in total. The van der Waals surface area contributed by atoms with Crippen LogP contribution in [-0.4, -0.2) is 6.61 Å². The molecule has 1 fully saturated rings. The Morgan fingerprint density at radius 1 is 1.05 bits per heavy atom. The molecule has 0 spiro atoms. The molecule has 0 amide bonds. The maximum absolute atomic E-state index is 14.6. The van der Waals surface area contributed by atoms with E-state index in [1.54, 1.807) is 12.1 Å². The zero-order valence-electron chi connectivity index (χ0n) is 11.0. The van der Waals surface area contributed by atoms with Gasteiger partial charge in [-0.3, -0.25) is 0 Å². The topological polar surface area (TPSA) is 9.23 Å². The van der Waals surface area contributed by atoms with Crippen LogP contribution in [0.1, 0.15) is 12.8 Å². The van der Waals surface area contributed by atoms with Gasteiger partial charge in [-0.1, -0.05) is 6.07 Å². The Kier molecular flexibility index (Phi) is 3.29. The van der Waals surface area contributed by atoms with Crippen molar-refractivity contribution in [1.29, 1.82) is 0 Å². The van der Waals surface area contributed by atoms with E-state index in [0.29, 0.717) is 25.5 Å². The van der Waals surface area contributed by atoms with Gasteiger partial charge in [-0.05, 0) is 59.5 Å². The van der Waals surface area contributed by atoms with Gasteiger partial charge in [0.05, 0.1) is 19.6 Å². The predicted octanol–water partition coefficient (Wildman–Crippen LogP) is 5.73. The molecule has 21 heavy (non-hydrogen) atoms. The third kappa shape index (κ3) is 2.30. The minimum atomic E-state index is -0.372. The fourth-order valence-electron chi connectivity index (χ4n) is 2.40. The quantitative estimate of drug-likeness (QED) is 0.496. The Bertz CT molecular complexity index is 854. The second-order valence-electron chi connectivity index (χ2n) is 5.35. The Balaban J connectivity index is 1.88. The molecule has 0 unspecified atom stereocenters. The fourth-order valence-corrected chi connectivity index (χ4v) is 4.20. The predicted molar refractivity (Wildman–Crippen MR) is 90.2 cm³/mol. The number of rotatable bonds is 3. The second-order valence-corrected chi connectivity index (χ2v) is 7.53. The van der Waals surface area contributed by atoms with E-state index in [1.165, 1.54) is 0 Å². The second kappa shape index (κ2) is 5.05. The molecule has 4 rings (SSSR count). The summed E-state index contributed by atoms with van der Waals surface area (Å²) in [4.78, 5) is 0. The summed E-state index contributed by atoms with van der Waals surface area (Å²) in [6, 6.07) is 7.05. The van der Waals surface area contributed by atoms with Crippen LogP contribution in [0.3, 0.4) is 0 Å². The van der Waals surface area contributed by atoms with Gasteiger partial charge in [0.2, 0.25) is 0 Å². The summed E-state index contributed by atoms with van der Waals surface area (Å²) in [5.41, 5.74) is 0. The molecule has 108 valence electrons. The van der Waals surface area contributed by atoms with Gasteiger partial charge in [0.1, 0.15) is 0 Å². The number of thiophene rings is 1. The lowest BCUT2D eigenvalue weighted by Crippen LogP contribution is -2.00. The summed E-state index contributed by atoms with van der Waals surface area (Å²) in [5, 5.41) is 1.52. The molecule has 1 heterocycles. The number of ether oxygens (including phenoxy) is 1. The van der Waals surface area contributed by atoms with Gasteiger partial charge in [0.15, 0.2) is 17.4 Å². The van der Waals surface area contributed by atoms with Crippen molar-refractivity contribution in [1.82, 2.24) is 0 Å². The highest BCUT2D eigenvalue weighted by atomic mass is 127. The monoisotopic (exact) mass is 416 g/mol. The van der Waals surface area contributed by atoms with E-state index in [2.05, 4.69) is 0 Å². The summed E-state index contributed by atoms with van der Waals surface area (Å²) in [6.45, 7) is 0.569. The normalized spacial score (nSPS) is 15.0. The van der Waals surface area contributed by atoms with E-state index in [1.807, 2.05) is 34.7 Å². The molecule has 5 heteroatoms. The third-order valence-corrected chi connectivity index (χ3v) is 5.82. The smallest absolute Gasteiger partial charge is 0.182 e. The number of hydrogen-bond acceptors (Lipinski definition) is 2. The molecule has 1 aliphatic carbocycles. The van der Waals surface area contributed by atoms with E-state index >= 15 is 0 Å². The molecule has 1 saturated carbocycles. The molecule has 0 aliphatic heterocycles. The van der Waals surface area contributed by atoms with Crippen molar-refractivity contribution in [2.45, 2.75) is 12.8 Å². The van der Waals surface area contributed by atoms with Crippen LogP contribution in [0.4, 0.5) is 8.78 Å². The molecule has 1 aromatic heterocycles. The largest absolute Gasteiger partial charge is 0.490 e. The number of halogens is 3. The molecule has 1 aliphatic rings. The van der Waals surface area contributed by atoms with Crippen LogP contribution in [0.25, 0.3) is 20.2 Å². The summed E-state index contributed by atoms with van der Waals surface area (Å²) < 4.78 is 35.8. The van der Waals surface area contributed by atoms with Gasteiger partial charge in [0.25, 0.3) is 0 Å². The molecule has 2 aromatic carbocycles. The van der Waals surface area contributed by atoms with Crippen molar-refractivity contribution in [2.24, 2.45) is 5.92 Å². The summed E-state index contributed by atoms with van der Waals surface area (Å²) in [7, 11) is 0. The fraction of sp³-hybridized carbons (Fsp3) is 0.250. The standard InChI is InChI=1S/C16H11F2IOS/c17-13-11(19)5-3-9-10-4-6-12(20-7-8-1-2-8)14(18)16(10)21-15(9)13/h3-6,8H,1-2,7H2. The van der Waals surface area contributed by atoms with Crippen molar-refractivity contribution in [2.75, 3.05) is 6.61 Å². The average Bonchev–Trinajstić information content (AvgIpc) is 3.22. The summed E-state index contributed by atoms with van der Waals surface area (Å²) >= 11 is 3.11. The van der Waals surface area contributed by atoms with Gasteiger partial charge < -0.3 is 4.74 Å². The lowest BCUT2D eigenvalue weighted by Gasteiger charge is -2.06. The van der Waals surface area contributed by atoms with Crippen LogP contribution in [0.5, 0.6) is 5.75 Å². The lowest BCUT2D eigenvalue weighted by atomic mass is 10.1. The first-order valence-corrected chi connectivity index (χ1v) is 8.66. The first kappa shape index (κ1) is 13.7. The Morgan fingerprint density at radius 2 is 1.71 bits per heavy atom. The number of benzene rings is 2. The molecule has 3 aromatic rings. The molecule has 0 atom stereocenters. The zero-order chi connectivity index (χ0) is 14.6. The van der Waals surface area contributed by atoms with Gasteiger partial charge in [0, 0.05) is 10.8 Å². The molecule has 0 saturated heterocycles. The van der Waals surface area contributed by atoms with Crippen LogP contribution in [0, 0.1) is 21.1 Å². The maximum atomic E-state index is 14.6. The van der Waals surface area contributed by atoms with Crippen LogP contribution < -0.4 is 4.74 Å². The summed E-state index contributed by atoms with van der Waals surface area (Å²) in [6.07, 6.45) is 2.33. The van der Waals surface area contributed by atoms with Crippen LogP contribution in [0.15, 0.2) is 24.3 Å². The van der Waals surface area contributed by atoms with Crippen molar-refractivity contribution in [3.63, 3.8) is 0 Å². The molecular formula is C16H11F2IOS. The highest BCUT2D eigenvalue weighted by molar-refractivity contribution is 14.1. The zero-order valence-corrected chi connectivity index (χ0v) is 13.9. The average molecular weight is 416 g/mol. The highest BCUT2D eigenvalue weighted by Gasteiger charge is 2.23. The van der Waals surface area contributed by atoms with Crippen molar-refractivity contribution < 1.29 is 13.5 Å². The van der Waals surface area contributed by atoms with Crippen LogP contribution in [-0.2, 0) is 0 Å². The van der Waals surface area contributed by atoms with Crippen LogP contribution >= 0.6 is 33.9 Å². The van der Waals surface area contributed by atoms with Crippen LogP contribution in [0.2, 0.25) is 0 Å². The SMILES string of the molecule is Fc1c(I)ccc2c1sc1c(F)c(OCC3CC3)ccc12. The molecule has 0 bridgehead atoms. The molecular weight excluding hydrogens is 405 g/mol. The van der Waals surface area contributed by atoms with Gasteiger partial charge in [-0.2, -0.15) is 0 Å². The number of fused-ring (bicyclic) bond motifs is 3. The Labute approximate surface area is 138 Å². The first-order chi connectivity index (χ1) is 10.1. The van der Waals surface area contributed by atoms with E-state index in [9.17, 15) is 8.78 Å². The van der Waals surface area contributed by atoms with Gasteiger partial charge in [-0.15, -0.1) is 11.3 Å². The first-order valence-electron chi connectivity index (χ1n) is 6.76. The van der Waals surface area contributed by atoms with E-state index in [-0.39, 0.29) is 17.4 Å². The van der Waals surface area contributed by atoms with Gasteiger partial charge >= 0.3 is 0 Å². The van der Waals surface area contributed by atoms with Crippen molar-refractivity contribution >= 4 is 54.1 Å².